The summed E-state index contributed by atoms with van der Waals surface area (Å²) in [6.07, 6.45) is 0. The average molecular weight is 207 g/mol. The molecule has 2 rings (SSSR count). The fourth-order valence-corrected chi connectivity index (χ4v) is 1.25. The Morgan fingerprint density at radius 2 is 2.07 bits per heavy atom. The van der Waals surface area contributed by atoms with Crippen molar-refractivity contribution in [3.05, 3.63) is 29.3 Å². The third-order valence-corrected chi connectivity index (χ3v) is 1.94. The molecule has 0 spiro atoms. The standard InChI is InChI=1S/C10H9NO4/c1-5-3-4-7(14-5)9-11-6(2)8(15-9)10(12)13/h3-4H,1-2H3,(H,12,13). The van der Waals surface area contributed by atoms with Crippen LogP contribution >= 0.6 is 0 Å². The zero-order chi connectivity index (χ0) is 11.0. The van der Waals surface area contributed by atoms with E-state index in [2.05, 4.69) is 4.98 Å². The smallest absolute Gasteiger partial charge is 0.373 e. The maximum Gasteiger partial charge on any atom is 0.373 e. The molecule has 0 radical (unpaired) electrons. The molecule has 5 nitrogen and oxygen atoms in total. The number of carbonyl (C=O) groups is 1. The molecule has 0 atom stereocenters. The molecule has 0 aliphatic carbocycles. The number of aromatic nitrogens is 1. The topological polar surface area (TPSA) is 76.5 Å². The van der Waals surface area contributed by atoms with Crippen molar-refractivity contribution >= 4 is 5.97 Å². The van der Waals surface area contributed by atoms with Crippen LogP contribution in [-0.4, -0.2) is 16.1 Å². The van der Waals surface area contributed by atoms with E-state index in [-0.39, 0.29) is 11.7 Å². The van der Waals surface area contributed by atoms with Crippen LogP contribution in [-0.2, 0) is 0 Å². The van der Waals surface area contributed by atoms with Gasteiger partial charge in [-0.1, -0.05) is 0 Å². The van der Waals surface area contributed by atoms with E-state index in [1.807, 2.05) is 0 Å². The third-order valence-electron chi connectivity index (χ3n) is 1.94. The second kappa shape index (κ2) is 3.27. The van der Waals surface area contributed by atoms with Gasteiger partial charge in [0.1, 0.15) is 5.76 Å². The van der Waals surface area contributed by atoms with Gasteiger partial charge in [0, 0.05) is 0 Å². The van der Waals surface area contributed by atoms with Crippen molar-refractivity contribution in [1.82, 2.24) is 4.98 Å². The number of hydrogen-bond acceptors (Lipinski definition) is 4. The summed E-state index contributed by atoms with van der Waals surface area (Å²) in [6, 6.07) is 3.45. The Hall–Kier alpha value is -2.04. The largest absolute Gasteiger partial charge is 0.475 e. The summed E-state index contributed by atoms with van der Waals surface area (Å²) in [4.78, 5) is 14.7. The van der Waals surface area contributed by atoms with Crippen LogP contribution in [0.2, 0.25) is 0 Å². The molecule has 0 saturated heterocycles. The maximum atomic E-state index is 10.7. The van der Waals surface area contributed by atoms with Gasteiger partial charge < -0.3 is 13.9 Å². The highest BCUT2D eigenvalue weighted by Gasteiger charge is 2.18. The van der Waals surface area contributed by atoms with Gasteiger partial charge in [0.2, 0.25) is 5.76 Å². The number of furan rings is 1. The first-order valence-electron chi connectivity index (χ1n) is 4.35. The van der Waals surface area contributed by atoms with E-state index in [1.54, 1.807) is 26.0 Å². The lowest BCUT2D eigenvalue weighted by molar-refractivity contribution is 0.0662. The van der Waals surface area contributed by atoms with Gasteiger partial charge in [-0.3, -0.25) is 0 Å². The van der Waals surface area contributed by atoms with Crippen LogP contribution in [0, 0.1) is 13.8 Å². The minimum Gasteiger partial charge on any atom is -0.475 e. The van der Waals surface area contributed by atoms with Crippen LogP contribution in [0.5, 0.6) is 0 Å². The number of rotatable bonds is 2. The van der Waals surface area contributed by atoms with Crippen LogP contribution in [0.3, 0.4) is 0 Å². The van der Waals surface area contributed by atoms with E-state index in [1.165, 1.54) is 0 Å². The molecule has 2 aromatic heterocycles. The molecule has 0 aliphatic rings. The molecule has 0 saturated carbocycles. The van der Waals surface area contributed by atoms with Gasteiger partial charge in [0.05, 0.1) is 5.69 Å². The SMILES string of the molecule is Cc1ccc(-c2nc(C)c(C(=O)O)o2)o1. The first-order valence-corrected chi connectivity index (χ1v) is 4.35. The molecular weight excluding hydrogens is 198 g/mol. The van der Waals surface area contributed by atoms with Gasteiger partial charge in [-0.2, -0.15) is 0 Å². The number of carboxylic acids is 1. The van der Waals surface area contributed by atoms with Gasteiger partial charge in [0.25, 0.3) is 5.89 Å². The summed E-state index contributed by atoms with van der Waals surface area (Å²) < 4.78 is 10.3. The summed E-state index contributed by atoms with van der Waals surface area (Å²) >= 11 is 0. The van der Waals surface area contributed by atoms with E-state index in [9.17, 15) is 4.79 Å². The van der Waals surface area contributed by atoms with Crippen molar-refractivity contribution in [2.24, 2.45) is 0 Å². The monoisotopic (exact) mass is 207 g/mol. The molecule has 0 amide bonds. The zero-order valence-corrected chi connectivity index (χ0v) is 8.27. The number of carboxylic acid groups (broad SMARTS) is 1. The lowest BCUT2D eigenvalue weighted by atomic mass is 10.4. The number of aromatic carboxylic acids is 1. The lowest BCUT2D eigenvalue weighted by Crippen LogP contribution is -1.95. The number of nitrogens with zero attached hydrogens (tertiary/aromatic N) is 1. The Morgan fingerprint density at radius 3 is 2.53 bits per heavy atom. The predicted molar refractivity (Wildman–Crippen MR) is 50.6 cm³/mol. The molecular formula is C10H9NO4. The summed E-state index contributed by atoms with van der Waals surface area (Å²) in [5, 5.41) is 8.77. The van der Waals surface area contributed by atoms with Gasteiger partial charge in [0.15, 0.2) is 5.76 Å². The molecule has 0 fully saturated rings. The first-order chi connectivity index (χ1) is 7.08. The normalized spacial score (nSPS) is 10.5. The molecule has 1 N–H and O–H groups in total. The van der Waals surface area contributed by atoms with Crippen molar-refractivity contribution < 1.29 is 18.7 Å². The van der Waals surface area contributed by atoms with Crippen LogP contribution in [0.25, 0.3) is 11.7 Å². The highest BCUT2D eigenvalue weighted by Crippen LogP contribution is 2.23. The molecule has 0 aliphatic heterocycles. The average Bonchev–Trinajstić information content (AvgIpc) is 2.71. The van der Waals surface area contributed by atoms with Crippen LogP contribution < -0.4 is 0 Å². The Balaban J connectivity index is 2.46. The van der Waals surface area contributed by atoms with Gasteiger partial charge in [-0.05, 0) is 26.0 Å². The van der Waals surface area contributed by atoms with Crippen molar-refractivity contribution in [3.8, 4) is 11.7 Å². The van der Waals surface area contributed by atoms with Gasteiger partial charge in [-0.15, -0.1) is 0 Å². The minimum atomic E-state index is -1.13. The first kappa shape index (κ1) is 9.51. The van der Waals surface area contributed by atoms with E-state index in [4.69, 9.17) is 13.9 Å². The van der Waals surface area contributed by atoms with Crippen LogP contribution in [0.1, 0.15) is 22.0 Å². The lowest BCUT2D eigenvalue weighted by Gasteiger charge is -1.87. The Labute approximate surface area is 85.3 Å². The molecule has 0 bridgehead atoms. The third kappa shape index (κ3) is 1.63. The van der Waals surface area contributed by atoms with E-state index < -0.39 is 5.97 Å². The van der Waals surface area contributed by atoms with Crippen molar-refractivity contribution in [2.75, 3.05) is 0 Å². The maximum absolute atomic E-state index is 10.7. The van der Waals surface area contributed by atoms with Crippen molar-refractivity contribution in [3.63, 3.8) is 0 Å². The van der Waals surface area contributed by atoms with E-state index >= 15 is 0 Å². The molecule has 2 aromatic rings. The summed E-state index contributed by atoms with van der Waals surface area (Å²) in [7, 11) is 0. The molecule has 78 valence electrons. The number of hydrogen-bond donors (Lipinski definition) is 1. The highest BCUT2D eigenvalue weighted by molar-refractivity contribution is 5.85. The van der Waals surface area contributed by atoms with Crippen LogP contribution in [0.15, 0.2) is 21.0 Å². The minimum absolute atomic E-state index is 0.154. The van der Waals surface area contributed by atoms with Crippen LogP contribution in [0.4, 0.5) is 0 Å². The van der Waals surface area contributed by atoms with E-state index in [0.29, 0.717) is 11.5 Å². The Morgan fingerprint density at radius 1 is 1.33 bits per heavy atom. The fraction of sp³-hybridized carbons (Fsp3) is 0.200. The zero-order valence-electron chi connectivity index (χ0n) is 8.27. The summed E-state index contributed by atoms with van der Waals surface area (Å²) in [5.41, 5.74) is 0.339. The molecule has 15 heavy (non-hydrogen) atoms. The Bertz CT molecular complexity index is 509. The predicted octanol–water partition coefficient (Wildman–Crippen LogP) is 2.25. The highest BCUT2D eigenvalue weighted by atomic mass is 16.4. The van der Waals surface area contributed by atoms with Crippen molar-refractivity contribution in [1.29, 1.82) is 0 Å². The molecule has 5 heteroatoms. The molecule has 2 heterocycles. The van der Waals surface area contributed by atoms with Gasteiger partial charge in [-0.25, -0.2) is 9.78 Å². The number of aryl methyl sites for hydroxylation is 2. The van der Waals surface area contributed by atoms with Crippen molar-refractivity contribution in [2.45, 2.75) is 13.8 Å². The quantitative estimate of drug-likeness (QED) is 0.817. The second-order valence-electron chi connectivity index (χ2n) is 3.15. The summed E-state index contributed by atoms with van der Waals surface area (Å²) in [6.45, 7) is 3.36. The van der Waals surface area contributed by atoms with Gasteiger partial charge >= 0.3 is 5.97 Å². The number of oxazole rings is 1. The molecule has 0 unspecified atom stereocenters. The molecule has 0 aromatic carbocycles. The summed E-state index contributed by atoms with van der Waals surface area (Å²) in [5.74, 6) is 0.0624. The second-order valence-corrected chi connectivity index (χ2v) is 3.15. The van der Waals surface area contributed by atoms with E-state index in [0.717, 1.165) is 5.76 Å². The Kier molecular flexibility index (Phi) is 2.07. The fourth-order valence-electron chi connectivity index (χ4n) is 1.25.